The highest BCUT2D eigenvalue weighted by molar-refractivity contribution is 5.78. The lowest BCUT2D eigenvalue weighted by Crippen LogP contribution is -2.51. The quantitative estimate of drug-likeness (QED) is 0.660. The minimum atomic E-state index is -4.65. The van der Waals surface area contributed by atoms with E-state index >= 15 is 0 Å². The van der Waals surface area contributed by atoms with E-state index in [1.165, 1.54) is 0 Å². The number of aliphatic hydroxyl groups excluding tert-OH is 1. The monoisotopic (exact) mass is 433 g/mol. The Balaban J connectivity index is 1.71. The van der Waals surface area contributed by atoms with E-state index in [1.807, 2.05) is 37.3 Å². The first kappa shape index (κ1) is 21.5. The highest BCUT2D eigenvalue weighted by Crippen LogP contribution is 2.39. The Morgan fingerprint density at radius 1 is 1.10 bits per heavy atom. The average molecular weight is 433 g/mol. The maximum Gasteiger partial charge on any atom is 0.435 e. The lowest BCUT2D eigenvalue weighted by atomic mass is 9.85. The van der Waals surface area contributed by atoms with Crippen LogP contribution in [0.3, 0.4) is 0 Å². The molecule has 0 amide bonds. The van der Waals surface area contributed by atoms with E-state index in [0.29, 0.717) is 18.3 Å². The van der Waals surface area contributed by atoms with Crippen molar-refractivity contribution >= 4 is 10.9 Å². The number of benzene rings is 1. The first-order valence-electron chi connectivity index (χ1n) is 10.0. The van der Waals surface area contributed by atoms with E-state index in [-0.39, 0.29) is 5.88 Å². The van der Waals surface area contributed by atoms with Gasteiger partial charge in [-0.25, -0.2) is 9.97 Å². The molecular weight excluding hydrogens is 411 g/mol. The molecule has 1 N–H and O–H groups in total. The Bertz CT molecular complexity index is 1060. The number of rotatable bonds is 4. The summed E-state index contributed by atoms with van der Waals surface area (Å²) in [6.07, 6.45) is -5.16. The van der Waals surface area contributed by atoms with Gasteiger partial charge in [-0.05, 0) is 18.6 Å². The van der Waals surface area contributed by atoms with Gasteiger partial charge < -0.3 is 14.6 Å². The van der Waals surface area contributed by atoms with E-state index in [9.17, 15) is 18.3 Å². The van der Waals surface area contributed by atoms with Crippen molar-refractivity contribution < 1.29 is 27.8 Å². The van der Waals surface area contributed by atoms with Gasteiger partial charge in [0.15, 0.2) is 5.69 Å². The highest BCUT2D eigenvalue weighted by atomic mass is 19.4. The summed E-state index contributed by atoms with van der Waals surface area (Å²) in [4.78, 5) is 11.8. The largest absolute Gasteiger partial charge is 0.470 e. The zero-order valence-corrected chi connectivity index (χ0v) is 17.0. The van der Waals surface area contributed by atoms with Crippen LogP contribution in [-0.2, 0) is 10.9 Å². The average Bonchev–Trinajstić information content (AvgIpc) is 2.76. The van der Waals surface area contributed by atoms with Crippen molar-refractivity contribution in [2.24, 2.45) is 5.92 Å². The number of halogens is 3. The van der Waals surface area contributed by atoms with Crippen LogP contribution < -0.4 is 4.74 Å². The highest BCUT2D eigenvalue weighted by Gasteiger charge is 2.45. The van der Waals surface area contributed by atoms with Gasteiger partial charge in [0.25, 0.3) is 0 Å². The van der Waals surface area contributed by atoms with Crippen molar-refractivity contribution in [3.8, 4) is 5.88 Å². The molecule has 164 valence electrons. The molecule has 3 aromatic rings. The maximum atomic E-state index is 13.0. The van der Waals surface area contributed by atoms with Crippen LogP contribution in [0.25, 0.3) is 10.9 Å². The van der Waals surface area contributed by atoms with Crippen LogP contribution >= 0.6 is 0 Å². The van der Waals surface area contributed by atoms with Crippen LogP contribution in [0, 0.1) is 5.92 Å². The molecule has 0 spiro atoms. The number of alkyl halides is 3. The van der Waals surface area contributed by atoms with Crippen LogP contribution in [0.1, 0.15) is 37.8 Å². The summed E-state index contributed by atoms with van der Waals surface area (Å²) in [5, 5.41) is 11.6. The fraction of sp³-hybridized carbons (Fsp3) is 0.409. The lowest BCUT2D eigenvalue weighted by molar-refractivity contribution is -0.194. The Morgan fingerprint density at radius 3 is 2.61 bits per heavy atom. The predicted octanol–water partition coefficient (Wildman–Crippen LogP) is 4.34. The molecule has 1 fully saturated rings. The van der Waals surface area contributed by atoms with Crippen LogP contribution in [0.4, 0.5) is 13.2 Å². The second-order valence-electron chi connectivity index (χ2n) is 7.60. The number of nitrogens with zero attached hydrogens (tertiary/aromatic N) is 3. The van der Waals surface area contributed by atoms with Crippen LogP contribution in [0.15, 0.2) is 48.8 Å². The number of fused-ring (bicyclic) bond motifs is 1. The third-order valence-corrected chi connectivity index (χ3v) is 5.53. The van der Waals surface area contributed by atoms with E-state index < -0.39 is 42.2 Å². The first-order chi connectivity index (χ1) is 14.8. The fourth-order valence-corrected chi connectivity index (χ4v) is 3.82. The standard InChI is InChI=1S/C22H22F3N3O3/c1-3-16-19(29)12(2)20(31-18-11-26-10-17(28-18)22(23,24)25)21(30-16)15-9-8-13-6-4-5-7-14(13)27-15/h4-12,16,19-21,29H,3H2,1-2H3/t12-,16?,19+,20?,21?/m0/s1. The number of pyridine rings is 1. The molecule has 1 aliphatic heterocycles. The Kier molecular flexibility index (Phi) is 5.81. The van der Waals surface area contributed by atoms with Crippen molar-refractivity contribution in [1.82, 2.24) is 15.0 Å². The summed E-state index contributed by atoms with van der Waals surface area (Å²) in [5.41, 5.74) is 0.176. The summed E-state index contributed by atoms with van der Waals surface area (Å²) < 4.78 is 51.1. The molecule has 3 heterocycles. The molecule has 31 heavy (non-hydrogen) atoms. The van der Waals surface area contributed by atoms with Gasteiger partial charge in [0.2, 0.25) is 5.88 Å². The maximum absolute atomic E-state index is 13.0. The van der Waals surface area contributed by atoms with Gasteiger partial charge in [0.05, 0.1) is 35.8 Å². The topological polar surface area (TPSA) is 77.4 Å². The number of hydrogen-bond acceptors (Lipinski definition) is 6. The van der Waals surface area contributed by atoms with Gasteiger partial charge in [-0.3, -0.25) is 4.98 Å². The van der Waals surface area contributed by atoms with Crippen molar-refractivity contribution in [2.75, 3.05) is 0 Å². The minimum absolute atomic E-state index is 0.289. The SMILES string of the molecule is CCC1OC(c2ccc3ccccc3n2)C(Oc2cncc(C(F)(F)F)n2)[C@@H](C)[C@H]1O. The molecule has 1 aromatic carbocycles. The lowest BCUT2D eigenvalue weighted by Gasteiger charge is -2.43. The minimum Gasteiger partial charge on any atom is -0.470 e. The summed E-state index contributed by atoms with van der Waals surface area (Å²) in [6, 6.07) is 11.3. The van der Waals surface area contributed by atoms with E-state index in [2.05, 4.69) is 15.0 Å². The molecule has 1 saturated heterocycles. The zero-order chi connectivity index (χ0) is 22.2. The summed E-state index contributed by atoms with van der Waals surface area (Å²) >= 11 is 0. The number of hydrogen-bond donors (Lipinski definition) is 1. The number of para-hydroxylation sites is 1. The molecule has 4 rings (SSSR count). The number of aromatic nitrogens is 3. The fourth-order valence-electron chi connectivity index (χ4n) is 3.82. The van der Waals surface area contributed by atoms with E-state index in [0.717, 1.165) is 17.1 Å². The Morgan fingerprint density at radius 2 is 1.87 bits per heavy atom. The van der Waals surface area contributed by atoms with Crippen LogP contribution in [-0.4, -0.2) is 38.4 Å². The first-order valence-corrected chi connectivity index (χ1v) is 10.0. The molecule has 9 heteroatoms. The molecule has 0 bridgehead atoms. The van der Waals surface area contributed by atoms with E-state index in [1.54, 1.807) is 13.0 Å². The summed E-state index contributed by atoms with van der Waals surface area (Å²) in [7, 11) is 0. The third kappa shape index (κ3) is 4.33. The third-order valence-electron chi connectivity index (χ3n) is 5.53. The Labute approximate surface area is 177 Å². The second kappa shape index (κ2) is 8.39. The number of aliphatic hydroxyl groups is 1. The molecular formula is C22H22F3N3O3. The van der Waals surface area contributed by atoms with Crippen molar-refractivity contribution in [1.29, 1.82) is 0 Å². The van der Waals surface area contributed by atoms with Gasteiger partial charge in [-0.1, -0.05) is 38.1 Å². The summed E-state index contributed by atoms with van der Waals surface area (Å²) in [6.45, 7) is 3.67. The number of ether oxygens (including phenoxy) is 2. The zero-order valence-electron chi connectivity index (χ0n) is 17.0. The molecule has 0 saturated carbocycles. The molecule has 2 aromatic heterocycles. The van der Waals surface area contributed by atoms with Crippen molar-refractivity contribution in [3.05, 3.63) is 60.2 Å². The van der Waals surface area contributed by atoms with E-state index in [4.69, 9.17) is 9.47 Å². The summed E-state index contributed by atoms with van der Waals surface area (Å²) in [5.74, 6) is -0.739. The molecule has 0 radical (unpaired) electrons. The van der Waals surface area contributed by atoms with Gasteiger partial charge >= 0.3 is 6.18 Å². The van der Waals surface area contributed by atoms with Crippen LogP contribution in [0.5, 0.6) is 5.88 Å². The van der Waals surface area contributed by atoms with Crippen molar-refractivity contribution in [3.63, 3.8) is 0 Å². The van der Waals surface area contributed by atoms with Gasteiger partial charge in [-0.15, -0.1) is 0 Å². The molecule has 1 aliphatic rings. The second-order valence-corrected chi connectivity index (χ2v) is 7.60. The Hall–Kier alpha value is -2.78. The molecule has 5 atom stereocenters. The normalized spacial score (nSPS) is 26.7. The molecule has 0 aliphatic carbocycles. The van der Waals surface area contributed by atoms with Gasteiger partial charge in [0, 0.05) is 11.3 Å². The van der Waals surface area contributed by atoms with Crippen molar-refractivity contribution in [2.45, 2.75) is 50.9 Å². The predicted molar refractivity (Wildman–Crippen MR) is 106 cm³/mol. The molecule has 3 unspecified atom stereocenters. The smallest absolute Gasteiger partial charge is 0.435 e. The van der Waals surface area contributed by atoms with Gasteiger partial charge in [0.1, 0.15) is 12.2 Å². The molecule has 6 nitrogen and oxygen atoms in total. The van der Waals surface area contributed by atoms with Gasteiger partial charge in [-0.2, -0.15) is 13.2 Å². The van der Waals surface area contributed by atoms with Crippen LogP contribution in [0.2, 0.25) is 0 Å².